The fourth-order valence-electron chi connectivity index (χ4n) is 1.61. The summed E-state index contributed by atoms with van der Waals surface area (Å²) in [4.78, 5) is 11.5. The first-order chi connectivity index (χ1) is 9.77. The van der Waals surface area contributed by atoms with Crippen LogP contribution >= 0.6 is 0 Å². The molecule has 0 aliphatic carbocycles. The Labute approximate surface area is 121 Å². The predicted octanol–water partition coefficient (Wildman–Crippen LogP) is 2.46. The molecule has 0 aliphatic rings. The first-order valence-corrected chi connectivity index (χ1v) is 6.60. The lowest BCUT2D eigenvalue weighted by molar-refractivity contribution is -0.139. The summed E-state index contributed by atoms with van der Waals surface area (Å²) in [5.41, 5.74) is 4.75. The monoisotopic (exact) mass is 304 g/mol. The number of nitrogens with two attached hydrogens (primary N) is 1. The van der Waals surface area contributed by atoms with Crippen molar-refractivity contribution in [2.24, 2.45) is 5.73 Å². The molecule has 21 heavy (non-hydrogen) atoms. The van der Waals surface area contributed by atoms with Crippen LogP contribution in [-0.4, -0.2) is 18.6 Å². The Balaban J connectivity index is 2.81. The van der Waals surface area contributed by atoms with Gasteiger partial charge in [0, 0.05) is 12.6 Å². The highest BCUT2D eigenvalue weighted by atomic mass is 19.4. The SMILES string of the molecule is CCC(C)NC(=O)COc1ccc(CN)cc1C(F)(F)F. The van der Waals surface area contributed by atoms with E-state index in [0.717, 1.165) is 12.5 Å². The molecule has 1 rings (SSSR count). The van der Waals surface area contributed by atoms with Gasteiger partial charge in [-0.3, -0.25) is 4.79 Å². The maximum atomic E-state index is 12.9. The smallest absolute Gasteiger partial charge is 0.419 e. The third kappa shape index (κ3) is 5.26. The lowest BCUT2D eigenvalue weighted by Crippen LogP contribution is -2.35. The van der Waals surface area contributed by atoms with Crippen LogP contribution in [0, 0.1) is 0 Å². The number of rotatable bonds is 6. The van der Waals surface area contributed by atoms with Crippen LogP contribution in [0.5, 0.6) is 5.75 Å². The number of amides is 1. The zero-order valence-electron chi connectivity index (χ0n) is 12.0. The predicted molar refractivity (Wildman–Crippen MR) is 72.7 cm³/mol. The van der Waals surface area contributed by atoms with Gasteiger partial charge in [-0.25, -0.2) is 0 Å². The zero-order valence-corrected chi connectivity index (χ0v) is 12.0. The molecule has 0 radical (unpaired) electrons. The van der Waals surface area contributed by atoms with Crippen molar-refractivity contribution >= 4 is 5.91 Å². The first-order valence-electron chi connectivity index (χ1n) is 6.60. The lowest BCUT2D eigenvalue weighted by atomic mass is 10.1. The van der Waals surface area contributed by atoms with Gasteiger partial charge in [0.1, 0.15) is 5.75 Å². The Morgan fingerprint density at radius 2 is 2.10 bits per heavy atom. The van der Waals surface area contributed by atoms with Gasteiger partial charge in [-0.15, -0.1) is 0 Å². The van der Waals surface area contributed by atoms with Gasteiger partial charge in [-0.1, -0.05) is 13.0 Å². The Hall–Kier alpha value is -1.76. The Kier molecular flexibility index (Phi) is 6.02. The summed E-state index contributed by atoms with van der Waals surface area (Å²) in [5.74, 6) is -0.834. The second kappa shape index (κ2) is 7.31. The maximum Gasteiger partial charge on any atom is 0.419 e. The molecule has 0 spiro atoms. The van der Waals surface area contributed by atoms with Gasteiger partial charge in [0.25, 0.3) is 5.91 Å². The molecule has 0 saturated carbocycles. The van der Waals surface area contributed by atoms with Crippen molar-refractivity contribution in [2.75, 3.05) is 6.61 Å². The number of nitrogens with one attached hydrogen (secondary N) is 1. The molecule has 0 heterocycles. The highest BCUT2D eigenvalue weighted by molar-refractivity contribution is 5.77. The van der Waals surface area contributed by atoms with Crippen LogP contribution in [0.3, 0.4) is 0 Å². The molecule has 7 heteroatoms. The molecule has 0 aromatic heterocycles. The minimum Gasteiger partial charge on any atom is -0.483 e. The van der Waals surface area contributed by atoms with Crippen molar-refractivity contribution in [1.82, 2.24) is 5.32 Å². The minimum absolute atomic E-state index is 0.00212. The van der Waals surface area contributed by atoms with Crippen molar-refractivity contribution in [2.45, 2.75) is 39.0 Å². The second-order valence-electron chi connectivity index (χ2n) is 4.70. The zero-order chi connectivity index (χ0) is 16.0. The maximum absolute atomic E-state index is 12.9. The van der Waals surface area contributed by atoms with E-state index in [4.69, 9.17) is 10.5 Å². The van der Waals surface area contributed by atoms with Crippen LogP contribution in [0.15, 0.2) is 18.2 Å². The number of carbonyl (C=O) groups is 1. The van der Waals surface area contributed by atoms with Crippen LogP contribution in [0.2, 0.25) is 0 Å². The van der Waals surface area contributed by atoms with E-state index in [1.54, 1.807) is 6.92 Å². The molecule has 0 aliphatic heterocycles. The number of carbonyl (C=O) groups excluding carboxylic acids is 1. The molecule has 0 fully saturated rings. The Morgan fingerprint density at radius 1 is 1.43 bits per heavy atom. The van der Waals surface area contributed by atoms with Gasteiger partial charge in [-0.05, 0) is 31.0 Å². The van der Waals surface area contributed by atoms with Gasteiger partial charge in [0.2, 0.25) is 0 Å². The molecule has 0 bridgehead atoms. The van der Waals surface area contributed by atoms with E-state index in [1.165, 1.54) is 12.1 Å². The van der Waals surface area contributed by atoms with Crippen molar-refractivity contribution in [3.05, 3.63) is 29.3 Å². The normalized spacial score (nSPS) is 12.9. The molecule has 3 N–H and O–H groups in total. The number of benzene rings is 1. The van der Waals surface area contributed by atoms with Gasteiger partial charge in [-0.2, -0.15) is 13.2 Å². The van der Waals surface area contributed by atoms with Crippen molar-refractivity contribution < 1.29 is 22.7 Å². The highest BCUT2D eigenvalue weighted by Gasteiger charge is 2.34. The molecule has 1 unspecified atom stereocenters. The summed E-state index contributed by atoms with van der Waals surface area (Å²) in [6.45, 7) is 3.22. The molecule has 1 aromatic rings. The van der Waals surface area contributed by atoms with Crippen LogP contribution in [0.4, 0.5) is 13.2 Å². The van der Waals surface area contributed by atoms with E-state index in [0.29, 0.717) is 5.56 Å². The molecule has 1 atom stereocenters. The summed E-state index contributed by atoms with van der Waals surface area (Å²) in [6.07, 6.45) is -3.83. The summed E-state index contributed by atoms with van der Waals surface area (Å²) in [5, 5.41) is 2.62. The lowest BCUT2D eigenvalue weighted by Gasteiger charge is -2.16. The van der Waals surface area contributed by atoms with E-state index >= 15 is 0 Å². The molecule has 118 valence electrons. The third-order valence-electron chi connectivity index (χ3n) is 2.96. The van der Waals surface area contributed by atoms with E-state index in [9.17, 15) is 18.0 Å². The third-order valence-corrected chi connectivity index (χ3v) is 2.96. The number of hydrogen-bond acceptors (Lipinski definition) is 3. The average Bonchev–Trinajstić information content (AvgIpc) is 2.43. The molecular weight excluding hydrogens is 285 g/mol. The topological polar surface area (TPSA) is 64.3 Å². The highest BCUT2D eigenvalue weighted by Crippen LogP contribution is 2.36. The van der Waals surface area contributed by atoms with Gasteiger partial charge >= 0.3 is 6.18 Å². The Bertz CT molecular complexity index is 490. The van der Waals surface area contributed by atoms with Gasteiger partial charge in [0.05, 0.1) is 5.56 Å². The molecular formula is C14H19F3N2O2. The summed E-state index contributed by atoms with van der Waals surface area (Å²) in [6, 6.07) is 3.50. The standard InChI is InChI=1S/C14H19F3N2O2/c1-3-9(2)19-13(20)8-21-12-5-4-10(7-18)6-11(12)14(15,16)17/h4-6,9H,3,7-8,18H2,1-2H3,(H,19,20). The second-order valence-corrected chi connectivity index (χ2v) is 4.70. The number of alkyl halides is 3. The fraction of sp³-hybridized carbons (Fsp3) is 0.500. The van der Waals surface area contributed by atoms with Crippen molar-refractivity contribution in [3.63, 3.8) is 0 Å². The Morgan fingerprint density at radius 3 is 2.62 bits per heavy atom. The number of hydrogen-bond donors (Lipinski definition) is 2. The van der Waals surface area contributed by atoms with Crippen molar-refractivity contribution in [1.29, 1.82) is 0 Å². The van der Waals surface area contributed by atoms with Crippen LogP contribution in [0.1, 0.15) is 31.4 Å². The average molecular weight is 304 g/mol. The fourth-order valence-corrected chi connectivity index (χ4v) is 1.61. The molecule has 1 aromatic carbocycles. The molecule has 4 nitrogen and oxygen atoms in total. The summed E-state index contributed by atoms with van der Waals surface area (Å²) in [7, 11) is 0. The first kappa shape index (κ1) is 17.3. The van der Waals surface area contributed by atoms with E-state index in [2.05, 4.69) is 5.32 Å². The van der Waals surface area contributed by atoms with E-state index < -0.39 is 24.3 Å². The number of halogens is 3. The van der Waals surface area contributed by atoms with E-state index in [1.807, 2.05) is 6.92 Å². The largest absolute Gasteiger partial charge is 0.483 e. The van der Waals surface area contributed by atoms with Crippen LogP contribution in [-0.2, 0) is 17.5 Å². The van der Waals surface area contributed by atoms with Crippen LogP contribution < -0.4 is 15.8 Å². The van der Waals surface area contributed by atoms with E-state index in [-0.39, 0.29) is 18.3 Å². The van der Waals surface area contributed by atoms with Gasteiger partial charge in [0.15, 0.2) is 6.61 Å². The summed E-state index contributed by atoms with van der Waals surface area (Å²) < 4.78 is 43.8. The summed E-state index contributed by atoms with van der Waals surface area (Å²) >= 11 is 0. The number of ether oxygens (including phenoxy) is 1. The minimum atomic E-state index is -4.56. The quantitative estimate of drug-likeness (QED) is 0.848. The van der Waals surface area contributed by atoms with Crippen molar-refractivity contribution in [3.8, 4) is 5.75 Å². The van der Waals surface area contributed by atoms with Gasteiger partial charge < -0.3 is 15.8 Å². The molecule has 0 saturated heterocycles. The molecule has 1 amide bonds. The van der Waals surface area contributed by atoms with Crippen LogP contribution in [0.25, 0.3) is 0 Å².